The molecule has 2 amide bonds. The van der Waals surface area contributed by atoms with Gasteiger partial charge in [-0.3, -0.25) is 9.59 Å². The number of nitrogens with zero attached hydrogens (tertiary/aromatic N) is 2. The van der Waals surface area contributed by atoms with Crippen molar-refractivity contribution in [2.45, 2.75) is 30.7 Å². The van der Waals surface area contributed by atoms with Crippen LogP contribution in [0.15, 0.2) is 12.3 Å². The zero-order valence-corrected chi connectivity index (χ0v) is 15.6. The first-order valence-electron chi connectivity index (χ1n) is 7.54. The molecule has 134 valence electrons. The van der Waals surface area contributed by atoms with E-state index >= 15 is 0 Å². The van der Waals surface area contributed by atoms with Crippen LogP contribution >= 0.6 is 35.0 Å². The van der Waals surface area contributed by atoms with Gasteiger partial charge in [-0.2, -0.15) is 0 Å². The van der Waals surface area contributed by atoms with E-state index in [1.54, 1.807) is 16.7 Å². The van der Waals surface area contributed by atoms with Gasteiger partial charge in [-0.15, -0.1) is 11.8 Å². The Morgan fingerprint density at radius 1 is 1.52 bits per heavy atom. The van der Waals surface area contributed by atoms with Gasteiger partial charge in [-0.05, 0) is 19.4 Å². The van der Waals surface area contributed by atoms with Gasteiger partial charge in [0.05, 0.1) is 14.9 Å². The second-order valence-corrected chi connectivity index (χ2v) is 8.25. The average Bonchev–Trinajstić information content (AvgIpc) is 3.04. The predicted octanol–water partition coefficient (Wildman–Crippen LogP) is 2.32. The number of esters is 1. The van der Waals surface area contributed by atoms with Gasteiger partial charge in [0.1, 0.15) is 6.04 Å². The van der Waals surface area contributed by atoms with E-state index in [0.29, 0.717) is 23.6 Å². The Kier molecular flexibility index (Phi) is 5.13. The van der Waals surface area contributed by atoms with Crippen molar-refractivity contribution >= 4 is 58.6 Å². The fourth-order valence-corrected chi connectivity index (χ4v) is 4.75. The van der Waals surface area contributed by atoms with Crippen molar-refractivity contribution in [1.29, 1.82) is 0 Å². The first-order valence-corrected chi connectivity index (χ1v) is 9.28. The summed E-state index contributed by atoms with van der Waals surface area (Å²) in [6.45, 7) is 1.45. The molecule has 7 nitrogen and oxygen atoms in total. The zero-order chi connectivity index (χ0) is 18.2. The molecule has 0 saturated carbocycles. The van der Waals surface area contributed by atoms with Crippen LogP contribution in [0.3, 0.4) is 0 Å². The minimum absolute atomic E-state index is 0.0592. The summed E-state index contributed by atoms with van der Waals surface area (Å²) in [7, 11) is 0. The maximum atomic E-state index is 12.3. The fourth-order valence-electron chi connectivity index (χ4n) is 2.90. The Hall–Kier alpha value is -1.51. The van der Waals surface area contributed by atoms with Crippen molar-refractivity contribution in [3.05, 3.63) is 22.3 Å². The summed E-state index contributed by atoms with van der Waals surface area (Å²) in [6.07, 6.45) is 2.47. The van der Waals surface area contributed by atoms with Gasteiger partial charge in [0.25, 0.3) is 5.91 Å². The lowest BCUT2D eigenvalue weighted by Crippen LogP contribution is -2.47. The third-order valence-corrected chi connectivity index (χ3v) is 6.13. The molecular weight excluding hydrogens is 389 g/mol. The molecule has 2 aliphatic rings. The molecule has 0 radical (unpaired) electrons. The monoisotopic (exact) mass is 403 g/mol. The third-order valence-electron chi connectivity index (χ3n) is 4.13. The van der Waals surface area contributed by atoms with Gasteiger partial charge in [-0.1, -0.05) is 23.2 Å². The maximum Gasteiger partial charge on any atom is 0.330 e. The molecule has 2 saturated heterocycles. The SMILES string of the molecule is C[C@]12CCC(=O)N1[C@@H](C(=O)OCC(=O)Nc1ncc(Cl)cc1Cl)CS2. The smallest absolute Gasteiger partial charge is 0.330 e. The van der Waals surface area contributed by atoms with Crippen LogP contribution in [0.25, 0.3) is 0 Å². The van der Waals surface area contributed by atoms with E-state index in [2.05, 4.69) is 10.3 Å². The minimum Gasteiger partial charge on any atom is -0.454 e. The van der Waals surface area contributed by atoms with Crippen molar-refractivity contribution in [2.24, 2.45) is 0 Å². The number of hydrogen-bond acceptors (Lipinski definition) is 6. The lowest BCUT2D eigenvalue weighted by atomic mass is 10.2. The number of rotatable bonds is 4. The van der Waals surface area contributed by atoms with Crippen LogP contribution in [0.5, 0.6) is 0 Å². The van der Waals surface area contributed by atoms with Crippen LogP contribution in [0, 0.1) is 0 Å². The van der Waals surface area contributed by atoms with Crippen molar-refractivity contribution in [1.82, 2.24) is 9.88 Å². The van der Waals surface area contributed by atoms with Gasteiger partial charge < -0.3 is 15.0 Å². The molecule has 25 heavy (non-hydrogen) atoms. The molecule has 1 aromatic heterocycles. The predicted molar refractivity (Wildman–Crippen MR) is 94.6 cm³/mol. The van der Waals surface area contributed by atoms with Crippen molar-refractivity contribution in [2.75, 3.05) is 17.7 Å². The molecule has 0 spiro atoms. The molecular formula is C15H15Cl2N3O4S. The fraction of sp³-hybridized carbons (Fsp3) is 0.467. The van der Waals surface area contributed by atoms with Gasteiger partial charge in [-0.25, -0.2) is 9.78 Å². The largest absolute Gasteiger partial charge is 0.454 e. The highest BCUT2D eigenvalue weighted by Crippen LogP contribution is 2.47. The Bertz CT molecular complexity index is 747. The third kappa shape index (κ3) is 3.70. The summed E-state index contributed by atoms with van der Waals surface area (Å²) in [5.41, 5.74) is 0. The molecule has 3 rings (SSSR count). The van der Waals surface area contributed by atoms with E-state index in [0.717, 1.165) is 0 Å². The Balaban J connectivity index is 1.55. The second-order valence-electron chi connectivity index (χ2n) is 5.91. The Morgan fingerprint density at radius 3 is 3.00 bits per heavy atom. The Labute approximate surface area is 158 Å². The number of aromatic nitrogens is 1. The van der Waals surface area contributed by atoms with Crippen molar-refractivity contribution in [3.8, 4) is 0 Å². The van der Waals surface area contributed by atoms with Crippen molar-refractivity contribution < 1.29 is 19.1 Å². The Morgan fingerprint density at radius 2 is 2.28 bits per heavy atom. The van der Waals surface area contributed by atoms with E-state index in [1.807, 2.05) is 6.92 Å². The normalized spacial score (nSPS) is 25.0. The van der Waals surface area contributed by atoms with Crippen LogP contribution in [-0.4, -0.2) is 50.9 Å². The standard InChI is InChI=1S/C15H15Cl2N3O4S/c1-15-3-2-12(22)20(15)10(7-25-15)14(23)24-6-11(21)19-13-9(17)4-8(16)5-18-13/h4-5,10H,2-3,6-7H2,1H3,(H,18,19,21)/t10-,15+/m1/s1. The summed E-state index contributed by atoms with van der Waals surface area (Å²) in [6, 6.07) is 0.780. The highest BCUT2D eigenvalue weighted by Gasteiger charge is 2.53. The zero-order valence-electron chi connectivity index (χ0n) is 13.3. The molecule has 2 fully saturated rings. The van der Waals surface area contributed by atoms with Gasteiger partial charge in [0.2, 0.25) is 5.91 Å². The first kappa shape index (κ1) is 18.3. The number of ether oxygens (including phenoxy) is 1. The van der Waals surface area contributed by atoms with E-state index in [4.69, 9.17) is 27.9 Å². The molecule has 0 bridgehead atoms. The topological polar surface area (TPSA) is 88.6 Å². The number of carbonyl (C=O) groups excluding carboxylic acids is 3. The van der Waals surface area contributed by atoms with Gasteiger partial charge in [0, 0.05) is 18.4 Å². The first-order chi connectivity index (χ1) is 11.8. The van der Waals surface area contributed by atoms with Crippen LogP contribution in [0.2, 0.25) is 10.0 Å². The number of anilines is 1. The van der Waals surface area contributed by atoms with Crippen LogP contribution in [0.4, 0.5) is 5.82 Å². The number of thioether (sulfide) groups is 1. The molecule has 2 aliphatic heterocycles. The van der Waals surface area contributed by atoms with E-state index in [9.17, 15) is 14.4 Å². The minimum atomic E-state index is -0.657. The van der Waals surface area contributed by atoms with E-state index in [-0.39, 0.29) is 21.6 Å². The van der Waals surface area contributed by atoms with Gasteiger partial charge in [0.15, 0.2) is 12.4 Å². The van der Waals surface area contributed by atoms with Crippen LogP contribution in [0.1, 0.15) is 19.8 Å². The summed E-state index contributed by atoms with van der Waals surface area (Å²) >= 11 is 13.2. The number of halogens is 2. The molecule has 0 unspecified atom stereocenters. The van der Waals surface area contributed by atoms with Crippen LogP contribution < -0.4 is 5.32 Å². The van der Waals surface area contributed by atoms with Gasteiger partial charge >= 0.3 is 5.97 Å². The number of amides is 2. The number of nitrogens with one attached hydrogen (secondary N) is 1. The van der Waals surface area contributed by atoms with Crippen molar-refractivity contribution in [3.63, 3.8) is 0 Å². The molecule has 1 aromatic rings. The molecule has 10 heteroatoms. The molecule has 0 aromatic carbocycles. The summed E-state index contributed by atoms with van der Waals surface area (Å²) in [5, 5.41) is 2.96. The summed E-state index contributed by atoms with van der Waals surface area (Å²) in [5.74, 6) is -0.627. The molecule has 2 atom stereocenters. The molecule has 1 N–H and O–H groups in total. The molecule has 3 heterocycles. The highest BCUT2D eigenvalue weighted by atomic mass is 35.5. The maximum absolute atomic E-state index is 12.3. The second kappa shape index (κ2) is 7.01. The molecule has 0 aliphatic carbocycles. The van der Waals surface area contributed by atoms with Crippen LogP contribution in [-0.2, 0) is 19.1 Å². The number of carbonyl (C=O) groups is 3. The number of pyridine rings is 1. The van der Waals surface area contributed by atoms with E-state index < -0.39 is 24.5 Å². The summed E-state index contributed by atoms with van der Waals surface area (Å²) in [4.78, 5) is 41.3. The number of fused-ring (bicyclic) bond motifs is 1. The highest BCUT2D eigenvalue weighted by molar-refractivity contribution is 8.01. The van der Waals surface area contributed by atoms with E-state index in [1.165, 1.54) is 12.3 Å². The lowest BCUT2D eigenvalue weighted by molar-refractivity contribution is -0.155. The summed E-state index contributed by atoms with van der Waals surface area (Å²) < 4.78 is 5.07. The average molecular weight is 404 g/mol. The lowest BCUT2D eigenvalue weighted by Gasteiger charge is -2.29. The quantitative estimate of drug-likeness (QED) is 0.775. The number of hydrogen-bond donors (Lipinski definition) is 1.